The fourth-order valence-electron chi connectivity index (χ4n) is 3.17. The molecule has 1 unspecified atom stereocenters. The molecule has 1 fully saturated rings. The zero-order chi connectivity index (χ0) is 18.5. The third-order valence-corrected chi connectivity index (χ3v) is 4.59. The van der Waals surface area contributed by atoms with Gasteiger partial charge >= 0.3 is 5.97 Å². The van der Waals surface area contributed by atoms with Gasteiger partial charge in [0.15, 0.2) is 0 Å². The Bertz CT molecular complexity index is 751. The van der Waals surface area contributed by atoms with E-state index in [0.717, 1.165) is 5.82 Å². The van der Waals surface area contributed by atoms with Gasteiger partial charge in [0.2, 0.25) is 0 Å². The van der Waals surface area contributed by atoms with E-state index in [1.54, 1.807) is 36.8 Å². The van der Waals surface area contributed by atoms with Crippen LogP contribution in [0.1, 0.15) is 18.5 Å². The summed E-state index contributed by atoms with van der Waals surface area (Å²) in [5.41, 5.74) is 0.583. The van der Waals surface area contributed by atoms with Crippen molar-refractivity contribution in [3.05, 3.63) is 47.4 Å². The van der Waals surface area contributed by atoms with Crippen LogP contribution in [0.5, 0.6) is 5.75 Å². The fourth-order valence-corrected chi connectivity index (χ4v) is 3.35. The van der Waals surface area contributed by atoms with Gasteiger partial charge in [0, 0.05) is 49.2 Å². The third kappa shape index (κ3) is 4.05. The number of hydrogen-bond donors (Lipinski definition) is 1. The van der Waals surface area contributed by atoms with Crippen LogP contribution in [0.25, 0.3) is 0 Å². The van der Waals surface area contributed by atoms with E-state index in [1.807, 2.05) is 11.8 Å². The number of carboxylic acid groups (broad SMARTS) is 1. The average molecular weight is 377 g/mol. The quantitative estimate of drug-likeness (QED) is 0.829. The summed E-state index contributed by atoms with van der Waals surface area (Å²) in [7, 11) is 0. The Balaban J connectivity index is 1.80. The number of carbonyl (C=O) groups is 1. The number of ether oxygens (including phenoxy) is 1. The van der Waals surface area contributed by atoms with E-state index < -0.39 is 12.0 Å². The lowest BCUT2D eigenvalue weighted by atomic mass is 10.0. The minimum atomic E-state index is -0.916. The number of piperazine rings is 1. The summed E-state index contributed by atoms with van der Waals surface area (Å²) < 4.78 is 5.63. The molecule has 3 rings (SSSR count). The first-order chi connectivity index (χ1) is 12.6. The van der Waals surface area contributed by atoms with Crippen LogP contribution in [-0.4, -0.2) is 58.7 Å². The minimum Gasteiger partial charge on any atom is -0.494 e. The lowest BCUT2D eigenvalue weighted by Gasteiger charge is -2.38. The van der Waals surface area contributed by atoms with Gasteiger partial charge in [0.25, 0.3) is 0 Å². The molecule has 1 aliphatic rings. The van der Waals surface area contributed by atoms with E-state index in [-0.39, 0.29) is 0 Å². The summed E-state index contributed by atoms with van der Waals surface area (Å²) >= 11 is 6.12. The van der Waals surface area contributed by atoms with Crippen molar-refractivity contribution in [2.45, 2.75) is 13.0 Å². The third-order valence-electron chi connectivity index (χ3n) is 4.35. The minimum absolute atomic E-state index is 0.460. The lowest BCUT2D eigenvalue weighted by molar-refractivity contribution is -0.143. The van der Waals surface area contributed by atoms with Gasteiger partial charge in [0.1, 0.15) is 17.6 Å². The van der Waals surface area contributed by atoms with Crippen molar-refractivity contribution in [3.63, 3.8) is 0 Å². The van der Waals surface area contributed by atoms with Crippen LogP contribution >= 0.6 is 11.6 Å². The Morgan fingerprint density at radius 1 is 1.31 bits per heavy atom. The van der Waals surface area contributed by atoms with Crippen LogP contribution in [0.15, 0.2) is 36.8 Å². The summed E-state index contributed by atoms with van der Waals surface area (Å²) in [5, 5.41) is 10.4. The van der Waals surface area contributed by atoms with Crippen molar-refractivity contribution in [1.82, 2.24) is 14.9 Å². The SMILES string of the molecule is CCOc1ccc(Cl)cc1C(C(=O)O)N1CCN(c2cnccn2)CC1. The van der Waals surface area contributed by atoms with Gasteiger partial charge in [-0.1, -0.05) is 11.6 Å². The Hall–Kier alpha value is -2.38. The number of benzene rings is 1. The highest BCUT2D eigenvalue weighted by atomic mass is 35.5. The topological polar surface area (TPSA) is 78.8 Å². The first kappa shape index (κ1) is 18.4. The van der Waals surface area contributed by atoms with Crippen LogP contribution in [0, 0.1) is 0 Å². The van der Waals surface area contributed by atoms with Crippen LogP contribution < -0.4 is 9.64 Å². The van der Waals surface area contributed by atoms with Gasteiger partial charge in [-0.15, -0.1) is 0 Å². The summed E-state index contributed by atoms with van der Waals surface area (Å²) in [6.45, 7) is 4.85. The molecule has 1 aliphatic heterocycles. The largest absolute Gasteiger partial charge is 0.494 e. The predicted molar refractivity (Wildman–Crippen MR) is 98.8 cm³/mol. The second-order valence-corrected chi connectivity index (χ2v) is 6.38. The molecule has 0 amide bonds. The molecule has 7 nitrogen and oxygen atoms in total. The first-order valence-corrected chi connectivity index (χ1v) is 8.88. The smallest absolute Gasteiger partial charge is 0.325 e. The zero-order valence-corrected chi connectivity index (χ0v) is 15.3. The van der Waals surface area contributed by atoms with Gasteiger partial charge in [-0.3, -0.25) is 14.7 Å². The maximum atomic E-state index is 12.0. The number of aromatic nitrogens is 2. The van der Waals surface area contributed by atoms with Gasteiger partial charge in [-0.05, 0) is 25.1 Å². The van der Waals surface area contributed by atoms with Crippen molar-refractivity contribution in [2.75, 3.05) is 37.7 Å². The molecule has 2 heterocycles. The molecule has 2 aromatic rings. The standard InChI is InChI=1S/C18H21ClN4O3/c1-2-26-15-4-3-13(19)11-14(15)17(18(24)25)23-9-7-22(8-10-23)16-12-20-5-6-21-16/h3-6,11-12,17H,2,7-10H2,1H3,(H,24,25). The molecule has 0 saturated carbocycles. The van der Waals surface area contributed by atoms with Crippen LogP contribution in [0.4, 0.5) is 5.82 Å². The van der Waals surface area contributed by atoms with Gasteiger partial charge in [-0.2, -0.15) is 0 Å². The van der Waals surface area contributed by atoms with Crippen LogP contribution in [0.3, 0.4) is 0 Å². The summed E-state index contributed by atoms with van der Waals surface area (Å²) in [6.07, 6.45) is 5.01. The van der Waals surface area contributed by atoms with Crippen LogP contribution in [-0.2, 0) is 4.79 Å². The van der Waals surface area contributed by atoms with E-state index in [9.17, 15) is 9.90 Å². The Morgan fingerprint density at radius 3 is 2.69 bits per heavy atom. The molecule has 1 aromatic heterocycles. The Labute approximate surface area is 157 Å². The van der Waals surface area contributed by atoms with Crippen LogP contribution in [0.2, 0.25) is 5.02 Å². The number of halogens is 1. The lowest BCUT2D eigenvalue weighted by Crippen LogP contribution is -2.49. The van der Waals surface area contributed by atoms with Gasteiger partial charge < -0.3 is 14.7 Å². The number of carboxylic acids is 1. The van der Waals surface area contributed by atoms with Gasteiger partial charge in [0.05, 0.1) is 12.8 Å². The van der Waals surface area contributed by atoms with E-state index in [0.29, 0.717) is 49.1 Å². The zero-order valence-electron chi connectivity index (χ0n) is 14.5. The van der Waals surface area contributed by atoms with Crippen molar-refractivity contribution >= 4 is 23.4 Å². The monoisotopic (exact) mass is 376 g/mol. The molecule has 0 radical (unpaired) electrons. The van der Waals surface area contributed by atoms with E-state index in [4.69, 9.17) is 16.3 Å². The molecule has 1 atom stereocenters. The normalized spacial score (nSPS) is 16.3. The van der Waals surface area contributed by atoms with E-state index >= 15 is 0 Å². The molecule has 1 N–H and O–H groups in total. The summed E-state index contributed by atoms with van der Waals surface area (Å²) in [4.78, 5) is 24.5. The number of aliphatic carboxylic acids is 1. The van der Waals surface area contributed by atoms with E-state index in [1.165, 1.54) is 0 Å². The highest BCUT2D eigenvalue weighted by molar-refractivity contribution is 6.30. The number of anilines is 1. The Morgan fingerprint density at radius 2 is 2.08 bits per heavy atom. The molecule has 1 saturated heterocycles. The molecule has 26 heavy (non-hydrogen) atoms. The maximum Gasteiger partial charge on any atom is 0.325 e. The summed E-state index contributed by atoms with van der Waals surface area (Å²) in [6, 6.07) is 4.31. The first-order valence-electron chi connectivity index (χ1n) is 8.50. The van der Waals surface area contributed by atoms with Crippen molar-refractivity contribution in [1.29, 1.82) is 0 Å². The molecule has 138 valence electrons. The highest BCUT2D eigenvalue weighted by Crippen LogP contribution is 2.33. The van der Waals surface area contributed by atoms with E-state index in [2.05, 4.69) is 14.9 Å². The summed E-state index contributed by atoms with van der Waals surface area (Å²) in [5.74, 6) is 0.443. The number of hydrogen-bond acceptors (Lipinski definition) is 6. The molecular weight excluding hydrogens is 356 g/mol. The van der Waals surface area contributed by atoms with Crippen molar-refractivity contribution in [2.24, 2.45) is 0 Å². The second-order valence-electron chi connectivity index (χ2n) is 5.94. The van der Waals surface area contributed by atoms with Gasteiger partial charge in [-0.25, -0.2) is 4.98 Å². The molecular formula is C18H21ClN4O3. The molecule has 0 aliphatic carbocycles. The Kier molecular flexibility index (Phi) is 5.90. The molecule has 1 aromatic carbocycles. The average Bonchev–Trinajstić information content (AvgIpc) is 2.65. The second kappa shape index (κ2) is 8.33. The molecule has 8 heteroatoms. The molecule has 0 spiro atoms. The fraction of sp³-hybridized carbons (Fsp3) is 0.389. The van der Waals surface area contributed by atoms with Crippen molar-refractivity contribution < 1.29 is 14.6 Å². The molecule has 0 bridgehead atoms. The van der Waals surface area contributed by atoms with Crippen molar-refractivity contribution in [3.8, 4) is 5.75 Å². The number of rotatable bonds is 6. The number of nitrogens with zero attached hydrogens (tertiary/aromatic N) is 4. The maximum absolute atomic E-state index is 12.0. The predicted octanol–water partition coefficient (Wildman–Crippen LogP) is 2.48. The highest BCUT2D eigenvalue weighted by Gasteiger charge is 2.33.